The number of nitrogens with zero attached hydrogens (tertiary/aromatic N) is 4. The molecule has 0 saturated heterocycles. The predicted molar refractivity (Wildman–Crippen MR) is 152 cm³/mol. The predicted octanol–water partition coefficient (Wildman–Crippen LogP) is 4.81. The maximum atomic E-state index is 14.4. The van der Waals surface area contributed by atoms with E-state index in [0.29, 0.717) is 29.6 Å². The van der Waals surface area contributed by atoms with E-state index in [1.165, 1.54) is 28.8 Å². The van der Waals surface area contributed by atoms with Crippen molar-refractivity contribution in [3.8, 4) is 5.69 Å². The van der Waals surface area contributed by atoms with Crippen molar-refractivity contribution in [2.45, 2.75) is 31.4 Å². The minimum absolute atomic E-state index is 0.118. The van der Waals surface area contributed by atoms with Gasteiger partial charge in [-0.3, -0.25) is 14.5 Å². The number of carbonyl (C=O) groups excluding carboxylic acids is 2. The van der Waals surface area contributed by atoms with Crippen LogP contribution in [0.3, 0.4) is 0 Å². The number of halogens is 2. The van der Waals surface area contributed by atoms with Gasteiger partial charge in [0, 0.05) is 24.1 Å². The first-order chi connectivity index (χ1) is 18.0. The molecule has 2 amide bonds. The molecule has 2 heterocycles. The SMILES string of the molecule is CN(C)CCNC(=O)CN1C(=O)CS[C@@H](c2cccc(F)c2)c2c(C(C)(C)C)nn(-c3ccccc3Cl)c21. The van der Waals surface area contributed by atoms with Gasteiger partial charge in [0.15, 0.2) is 0 Å². The monoisotopic (exact) mass is 557 g/mol. The Labute approximate surface area is 232 Å². The van der Waals surface area contributed by atoms with Crippen LogP contribution in [-0.2, 0) is 15.0 Å². The van der Waals surface area contributed by atoms with E-state index in [4.69, 9.17) is 16.7 Å². The molecule has 0 saturated carbocycles. The van der Waals surface area contributed by atoms with Gasteiger partial charge < -0.3 is 10.2 Å². The Morgan fingerprint density at radius 1 is 1.21 bits per heavy atom. The third kappa shape index (κ3) is 6.06. The molecule has 1 aromatic heterocycles. The molecule has 0 spiro atoms. The van der Waals surface area contributed by atoms with Crippen molar-refractivity contribution >= 4 is 41.0 Å². The molecule has 0 bridgehead atoms. The van der Waals surface area contributed by atoms with Crippen molar-refractivity contribution in [1.29, 1.82) is 0 Å². The zero-order valence-corrected chi connectivity index (χ0v) is 23.9. The average Bonchev–Trinajstić information content (AvgIpc) is 3.17. The Morgan fingerprint density at radius 2 is 1.95 bits per heavy atom. The normalized spacial score (nSPS) is 15.9. The van der Waals surface area contributed by atoms with Crippen LogP contribution in [0.2, 0.25) is 5.02 Å². The molecule has 2 aromatic carbocycles. The summed E-state index contributed by atoms with van der Waals surface area (Å²) >= 11 is 8.03. The minimum atomic E-state index is -0.421. The van der Waals surface area contributed by atoms with Gasteiger partial charge >= 0.3 is 0 Å². The lowest BCUT2D eigenvalue weighted by Crippen LogP contribution is -2.43. The molecule has 1 aliphatic rings. The number of amides is 2. The Balaban J connectivity index is 1.94. The first-order valence-electron chi connectivity index (χ1n) is 12.4. The third-order valence-corrected chi connectivity index (χ3v) is 7.79. The number of anilines is 1. The molecule has 10 heteroatoms. The lowest BCUT2D eigenvalue weighted by molar-refractivity contribution is -0.122. The number of hydrogen-bond donors (Lipinski definition) is 1. The second-order valence-corrected chi connectivity index (χ2v) is 12.1. The summed E-state index contributed by atoms with van der Waals surface area (Å²) < 4.78 is 16.0. The van der Waals surface area contributed by atoms with Crippen molar-refractivity contribution in [3.63, 3.8) is 0 Å². The van der Waals surface area contributed by atoms with Crippen LogP contribution < -0.4 is 10.2 Å². The van der Waals surface area contributed by atoms with Gasteiger partial charge in [-0.1, -0.05) is 56.6 Å². The fourth-order valence-corrected chi connectivity index (χ4v) is 5.82. The number of carbonyl (C=O) groups is 2. The standard InChI is InChI=1S/C28H33ClFN5O2S/c1-28(2,3)26-24-25(18-9-8-10-19(30)15-18)38-17-23(37)34(16-22(36)31-13-14-33(4)5)27(24)35(32-26)21-12-7-6-11-20(21)29/h6-12,15,25H,13-14,16-17H2,1-5H3,(H,31,36)/t25-/m0/s1. The largest absolute Gasteiger partial charge is 0.353 e. The molecule has 1 atom stereocenters. The van der Waals surface area contributed by atoms with Crippen molar-refractivity contribution in [3.05, 3.63) is 76.2 Å². The highest BCUT2D eigenvalue weighted by Crippen LogP contribution is 2.48. The molecule has 38 heavy (non-hydrogen) atoms. The molecule has 0 unspecified atom stereocenters. The van der Waals surface area contributed by atoms with Crippen molar-refractivity contribution in [2.75, 3.05) is 44.4 Å². The van der Waals surface area contributed by atoms with Gasteiger partial charge in [0.1, 0.15) is 18.2 Å². The van der Waals surface area contributed by atoms with Crippen LogP contribution in [0.25, 0.3) is 5.69 Å². The fourth-order valence-electron chi connectivity index (χ4n) is 4.42. The lowest BCUT2D eigenvalue weighted by Gasteiger charge is -2.25. The molecule has 0 aliphatic carbocycles. The van der Waals surface area contributed by atoms with E-state index in [1.54, 1.807) is 16.8 Å². The molecular weight excluding hydrogens is 525 g/mol. The van der Waals surface area contributed by atoms with Crippen LogP contribution in [0.4, 0.5) is 10.2 Å². The molecule has 7 nitrogen and oxygen atoms in total. The number of hydrogen-bond acceptors (Lipinski definition) is 5. The van der Waals surface area contributed by atoms with Gasteiger partial charge in [0.2, 0.25) is 11.8 Å². The molecule has 1 N–H and O–H groups in total. The second kappa shape index (κ2) is 11.5. The molecule has 0 radical (unpaired) electrons. The lowest BCUT2D eigenvalue weighted by atomic mass is 9.87. The molecular formula is C28H33ClFN5O2S. The maximum absolute atomic E-state index is 14.4. The van der Waals surface area contributed by atoms with Crippen LogP contribution in [0.1, 0.15) is 42.8 Å². The van der Waals surface area contributed by atoms with Gasteiger partial charge in [0.25, 0.3) is 0 Å². The van der Waals surface area contributed by atoms with Gasteiger partial charge in [-0.05, 0) is 43.9 Å². The number of benzene rings is 2. The number of para-hydroxylation sites is 1. The number of nitrogens with one attached hydrogen (secondary N) is 1. The van der Waals surface area contributed by atoms with Crippen molar-refractivity contribution < 1.29 is 14.0 Å². The maximum Gasteiger partial charge on any atom is 0.240 e. The summed E-state index contributed by atoms with van der Waals surface area (Å²) in [7, 11) is 3.85. The smallest absolute Gasteiger partial charge is 0.240 e. The van der Waals surface area contributed by atoms with E-state index in [9.17, 15) is 14.0 Å². The van der Waals surface area contributed by atoms with Crippen LogP contribution in [-0.4, -0.2) is 66.0 Å². The number of rotatable bonds is 7. The van der Waals surface area contributed by atoms with Gasteiger partial charge in [-0.25, -0.2) is 9.07 Å². The summed E-state index contributed by atoms with van der Waals surface area (Å²) in [6.07, 6.45) is 0. The van der Waals surface area contributed by atoms with Gasteiger partial charge in [0.05, 0.1) is 27.4 Å². The Bertz CT molecular complexity index is 1340. The van der Waals surface area contributed by atoms with Crippen LogP contribution in [0, 0.1) is 5.82 Å². The van der Waals surface area contributed by atoms with E-state index in [-0.39, 0.29) is 35.2 Å². The summed E-state index contributed by atoms with van der Waals surface area (Å²) in [5.74, 6) is -0.258. The van der Waals surface area contributed by atoms with Gasteiger partial charge in [-0.15, -0.1) is 11.8 Å². The van der Waals surface area contributed by atoms with E-state index in [0.717, 1.165) is 16.8 Å². The first-order valence-corrected chi connectivity index (χ1v) is 13.9. The topological polar surface area (TPSA) is 70.5 Å². The number of likely N-dealkylation sites (N-methyl/N-ethyl adjacent to an activating group) is 1. The van der Waals surface area contributed by atoms with E-state index >= 15 is 0 Å². The highest BCUT2D eigenvalue weighted by Gasteiger charge is 2.40. The summed E-state index contributed by atoms with van der Waals surface area (Å²) in [5.41, 5.74) is 2.43. The minimum Gasteiger partial charge on any atom is -0.353 e. The second-order valence-electron chi connectivity index (χ2n) is 10.6. The third-order valence-electron chi connectivity index (χ3n) is 6.21. The van der Waals surface area contributed by atoms with E-state index < -0.39 is 5.41 Å². The molecule has 3 aromatic rings. The summed E-state index contributed by atoms with van der Waals surface area (Å²) in [4.78, 5) is 30.1. The molecule has 4 rings (SSSR count). The van der Waals surface area contributed by atoms with Crippen molar-refractivity contribution in [1.82, 2.24) is 20.0 Å². The van der Waals surface area contributed by atoms with E-state index in [2.05, 4.69) is 5.32 Å². The zero-order valence-electron chi connectivity index (χ0n) is 22.3. The Hall–Kier alpha value is -2.88. The number of thioether (sulfide) groups is 1. The summed E-state index contributed by atoms with van der Waals surface area (Å²) in [6.45, 7) is 7.10. The number of fused-ring (bicyclic) bond motifs is 1. The van der Waals surface area contributed by atoms with E-state index in [1.807, 2.05) is 64.0 Å². The average molecular weight is 558 g/mol. The summed E-state index contributed by atoms with van der Waals surface area (Å²) in [6, 6.07) is 13.7. The quantitative estimate of drug-likeness (QED) is 0.451. The fraction of sp³-hybridized carbons (Fsp3) is 0.393. The van der Waals surface area contributed by atoms with Crippen LogP contribution >= 0.6 is 23.4 Å². The molecule has 0 fully saturated rings. The highest BCUT2D eigenvalue weighted by molar-refractivity contribution is 8.00. The molecule has 1 aliphatic heterocycles. The molecule has 202 valence electrons. The summed E-state index contributed by atoms with van der Waals surface area (Å²) in [5, 5.41) is 7.99. The number of aromatic nitrogens is 2. The van der Waals surface area contributed by atoms with Crippen LogP contribution in [0.15, 0.2) is 48.5 Å². The van der Waals surface area contributed by atoms with Gasteiger partial charge in [-0.2, -0.15) is 5.10 Å². The Morgan fingerprint density at radius 3 is 2.61 bits per heavy atom. The highest BCUT2D eigenvalue weighted by atomic mass is 35.5. The first kappa shape index (κ1) is 28.1. The van der Waals surface area contributed by atoms with Crippen LogP contribution in [0.5, 0.6) is 0 Å². The van der Waals surface area contributed by atoms with Crippen molar-refractivity contribution in [2.24, 2.45) is 0 Å². The Kier molecular flexibility index (Phi) is 8.49. The zero-order chi connectivity index (χ0) is 27.6.